The number of hydrogen-bond acceptors (Lipinski definition) is 3. The molecule has 0 saturated heterocycles. The molecule has 0 aliphatic carbocycles. The minimum Gasteiger partial charge on any atom is -0.369 e. The van der Waals surface area contributed by atoms with E-state index in [4.69, 9.17) is 0 Å². The van der Waals surface area contributed by atoms with Crippen LogP contribution >= 0.6 is 22.6 Å². The summed E-state index contributed by atoms with van der Waals surface area (Å²) in [6, 6.07) is 0. The highest BCUT2D eigenvalue weighted by atomic mass is 127. The van der Waals surface area contributed by atoms with Crippen LogP contribution in [0.4, 0.5) is 5.82 Å². The summed E-state index contributed by atoms with van der Waals surface area (Å²) in [6.07, 6.45) is 3.91. The van der Waals surface area contributed by atoms with Gasteiger partial charge >= 0.3 is 0 Å². The molecule has 0 amide bonds. The number of anilines is 1. The van der Waals surface area contributed by atoms with E-state index in [0.29, 0.717) is 0 Å². The molecule has 4 heteroatoms. The Hall–Kier alpha value is -0.390. The number of nitrogens with one attached hydrogen (secondary N) is 1. The van der Waals surface area contributed by atoms with E-state index in [9.17, 15) is 0 Å². The van der Waals surface area contributed by atoms with Crippen LogP contribution in [0.1, 0.15) is 26.1 Å². The SMILES string of the molecule is CCCc1ncc(I)c(NCC)n1. The van der Waals surface area contributed by atoms with Gasteiger partial charge in [-0.05, 0) is 35.9 Å². The normalized spacial score (nSPS) is 10.1. The summed E-state index contributed by atoms with van der Waals surface area (Å²) in [5.74, 6) is 1.89. The maximum absolute atomic E-state index is 4.42. The molecule has 1 rings (SSSR count). The molecule has 0 bridgehead atoms. The van der Waals surface area contributed by atoms with Gasteiger partial charge in [0.15, 0.2) is 0 Å². The zero-order valence-electron chi connectivity index (χ0n) is 7.97. The lowest BCUT2D eigenvalue weighted by Gasteiger charge is -2.05. The van der Waals surface area contributed by atoms with E-state index < -0.39 is 0 Å². The minimum absolute atomic E-state index is 0.901. The molecule has 72 valence electrons. The Morgan fingerprint density at radius 3 is 2.85 bits per heavy atom. The maximum Gasteiger partial charge on any atom is 0.143 e. The van der Waals surface area contributed by atoms with Gasteiger partial charge in [-0.25, -0.2) is 9.97 Å². The summed E-state index contributed by atoms with van der Waals surface area (Å²) in [7, 11) is 0. The second-order valence-corrected chi connectivity index (χ2v) is 3.93. The van der Waals surface area contributed by atoms with Gasteiger partial charge in [-0.15, -0.1) is 0 Å². The smallest absolute Gasteiger partial charge is 0.143 e. The van der Waals surface area contributed by atoms with Crippen LogP contribution in [-0.4, -0.2) is 16.5 Å². The van der Waals surface area contributed by atoms with Crippen molar-refractivity contribution in [1.82, 2.24) is 9.97 Å². The zero-order valence-corrected chi connectivity index (χ0v) is 10.1. The van der Waals surface area contributed by atoms with E-state index in [2.05, 4.69) is 51.7 Å². The molecule has 1 heterocycles. The van der Waals surface area contributed by atoms with Gasteiger partial charge in [0.2, 0.25) is 0 Å². The standard InChI is InChI=1S/C9H14IN3/c1-3-5-8-12-6-7(10)9(13-8)11-4-2/h6H,3-5H2,1-2H3,(H,11,12,13). The van der Waals surface area contributed by atoms with E-state index in [-0.39, 0.29) is 0 Å². The van der Waals surface area contributed by atoms with Gasteiger partial charge in [-0.2, -0.15) is 0 Å². The number of nitrogens with zero attached hydrogens (tertiary/aromatic N) is 2. The average Bonchev–Trinajstić information content (AvgIpc) is 2.12. The maximum atomic E-state index is 4.42. The van der Waals surface area contributed by atoms with Gasteiger partial charge in [-0.1, -0.05) is 6.92 Å². The average molecular weight is 291 g/mol. The van der Waals surface area contributed by atoms with Gasteiger partial charge < -0.3 is 5.32 Å². The largest absolute Gasteiger partial charge is 0.369 e. The van der Waals surface area contributed by atoms with Crippen LogP contribution in [0.5, 0.6) is 0 Å². The van der Waals surface area contributed by atoms with Crippen molar-refractivity contribution in [2.24, 2.45) is 0 Å². The molecule has 0 aromatic carbocycles. The number of halogens is 1. The van der Waals surface area contributed by atoms with Gasteiger partial charge in [0.1, 0.15) is 11.6 Å². The van der Waals surface area contributed by atoms with Crippen LogP contribution in [0.3, 0.4) is 0 Å². The second kappa shape index (κ2) is 5.36. The lowest BCUT2D eigenvalue weighted by Crippen LogP contribution is -2.05. The van der Waals surface area contributed by atoms with E-state index in [1.807, 2.05) is 6.20 Å². The van der Waals surface area contributed by atoms with E-state index in [1.54, 1.807) is 0 Å². The molecule has 1 aromatic rings. The number of hydrogen-bond donors (Lipinski definition) is 1. The Kier molecular flexibility index (Phi) is 4.41. The van der Waals surface area contributed by atoms with Crippen LogP contribution in [0, 0.1) is 3.57 Å². The fourth-order valence-electron chi connectivity index (χ4n) is 1.04. The van der Waals surface area contributed by atoms with Gasteiger partial charge in [0.25, 0.3) is 0 Å². The molecule has 0 unspecified atom stereocenters. The fourth-order valence-corrected chi connectivity index (χ4v) is 1.49. The van der Waals surface area contributed by atoms with E-state index in [0.717, 1.165) is 34.6 Å². The highest BCUT2D eigenvalue weighted by Gasteiger charge is 2.02. The summed E-state index contributed by atoms with van der Waals surface area (Å²) in [5.41, 5.74) is 0. The summed E-state index contributed by atoms with van der Waals surface area (Å²) in [4.78, 5) is 8.67. The van der Waals surface area contributed by atoms with Gasteiger partial charge in [-0.3, -0.25) is 0 Å². The molecule has 0 atom stereocenters. The summed E-state index contributed by atoms with van der Waals surface area (Å²) in [5, 5.41) is 3.22. The highest BCUT2D eigenvalue weighted by molar-refractivity contribution is 14.1. The van der Waals surface area contributed by atoms with Gasteiger partial charge in [0, 0.05) is 19.2 Å². The predicted octanol–water partition coefficient (Wildman–Crippen LogP) is 2.47. The minimum atomic E-state index is 0.901. The molecule has 0 saturated carbocycles. The van der Waals surface area contributed by atoms with Crippen LogP contribution in [0.15, 0.2) is 6.20 Å². The van der Waals surface area contributed by atoms with Crippen LogP contribution in [0.2, 0.25) is 0 Å². The second-order valence-electron chi connectivity index (χ2n) is 2.76. The van der Waals surface area contributed by atoms with Gasteiger partial charge in [0.05, 0.1) is 3.57 Å². The molecule has 0 aliphatic heterocycles. The van der Waals surface area contributed by atoms with E-state index >= 15 is 0 Å². The molecular weight excluding hydrogens is 277 g/mol. The summed E-state index contributed by atoms with van der Waals surface area (Å²) in [6.45, 7) is 5.10. The van der Waals surface area contributed by atoms with E-state index in [1.165, 1.54) is 0 Å². The molecule has 0 spiro atoms. The first kappa shape index (κ1) is 10.7. The van der Waals surface area contributed by atoms with Crippen molar-refractivity contribution < 1.29 is 0 Å². The highest BCUT2D eigenvalue weighted by Crippen LogP contribution is 2.14. The Labute approximate surface area is 92.5 Å². The third-order valence-corrected chi connectivity index (χ3v) is 2.40. The van der Waals surface area contributed by atoms with Crippen molar-refractivity contribution >= 4 is 28.4 Å². The predicted molar refractivity (Wildman–Crippen MR) is 62.9 cm³/mol. The summed E-state index contributed by atoms with van der Waals surface area (Å²) >= 11 is 2.24. The van der Waals surface area contributed by atoms with Crippen molar-refractivity contribution in [3.63, 3.8) is 0 Å². The van der Waals surface area contributed by atoms with Crippen molar-refractivity contribution in [3.05, 3.63) is 15.6 Å². The molecular formula is C9H14IN3. The molecule has 1 aromatic heterocycles. The number of rotatable bonds is 4. The molecule has 0 radical (unpaired) electrons. The first-order valence-electron chi connectivity index (χ1n) is 4.53. The number of aromatic nitrogens is 2. The van der Waals surface area contributed by atoms with Crippen molar-refractivity contribution in [1.29, 1.82) is 0 Å². The zero-order chi connectivity index (χ0) is 9.68. The topological polar surface area (TPSA) is 37.8 Å². The van der Waals surface area contributed by atoms with Crippen molar-refractivity contribution in [2.45, 2.75) is 26.7 Å². The van der Waals surface area contributed by atoms with Crippen molar-refractivity contribution in [3.8, 4) is 0 Å². The third kappa shape index (κ3) is 3.10. The Bertz CT molecular complexity index is 276. The van der Waals surface area contributed by atoms with Crippen LogP contribution in [0.25, 0.3) is 0 Å². The number of aryl methyl sites for hydroxylation is 1. The first-order valence-corrected chi connectivity index (χ1v) is 5.61. The van der Waals surface area contributed by atoms with Crippen LogP contribution in [-0.2, 0) is 6.42 Å². The van der Waals surface area contributed by atoms with Crippen LogP contribution < -0.4 is 5.32 Å². The molecule has 13 heavy (non-hydrogen) atoms. The molecule has 3 nitrogen and oxygen atoms in total. The molecule has 0 fully saturated rings. The molecule has 0 aliphatic rings. The Morgan fingerprint density at radius 1 is 1.46 bits per heavy atom. The van der Waals surface area contributed by atoms with Crippen molar-refractivity contribution in [2.75, 3.05) is 11.9 Å². The Balaban J connectivity index is 2.83. The first-order chi connectivity index (χ1) is 6.27. The Morgan fingerprint density at radius 2 is 2.23 bits per heavy atom. The quantitative estimate of drug-likeness (QED) is 0.866. The third-order valence-electron chi connectivity index (χ3n) is 1.61. The summed E-state index contributed by atoms with van der Waals surface area (Å²) < 4.78 is 1.08. The molecule has 1 N–H and O–H groups in total. The lowest BCUT2D eigenvalue weighted by molar-refractivity contribution is 0.832. The fraction of sp³-hybridized carbons (Fsp3) is 0.556. The monoisotopic (exact) mass is 291 g/mol. The lowest BCUT2D eigenvalue weighted by atomic mass is 10.3.